The van der Waals surface area contributed by atoms with Crippen LogP contribution in [-0.4, -0.2) is 53.0 Å². The highest BCUT2D eigenvalue weighted by molar-refractivity contribution is 5.97. The average Bonchev–Trinajstić information content (AvgIpc) is 3.11. The van der Waals surface area contributed by atoms with Gasteiger partial charge in [0.05, 0.1) is 11.3 Å². The number of amides is 1. The maximum atomic E-state index is 13.5. The first-order valence-electron chi connectivity index (χ1n) is 10.5. The lowest BCUT2D eigenvalue weighted by Gasteiger charge is -2.34. The van der Waals surface area contributed by atoms with E-state index in [9.17, 15) is 9.18 Å². The number of nitrogens with zero attached hydrogens (tertiary/aromatic N) is 3. The Kier molecular flexibility index (Phi) is 5.73. The number of hydrogen-bond donors (Lipinski definition) is 0. The molecule has 0 unspecified atom stereocenters. The largest absolute Gasteiger partial charge is 0.336 e. The maximum absolute atomic E-state index is 13.5. The molecule has 3 aromatic rings. The molecule has 30 heavy (non-hydrogen) atoms. The molecule has 0 spiro atoms. The van der Waals surface area contributed by atoms with Crippen LogP contribution in [-0.2, 0) is 0 Å². The first-order valence-corrected chi connectivity index (χ1v) is 10.5. The fourth-order valence-corrected chi connectivity index (χ4v) is 4.12. The summed E-state index contributed by atoms with van der Waals surface area (Å²) in [6, 6.07) is 16.7. The molecule has 4 nitrogen and oxygen atoms in total. The van der Waals surface area contributed by atoms with Gasteiger partial charge in [0, 0.05) is 37.6 Å². The predicted octanol–water partition coefficient (Wildman–Crippen LogP) is 4.68. The van der Waals surface area contributed by atoms with Crippen LogP contribution in [0, 0.1) is 19.7 Å². The third-order valence-electron chi connectivity index (χ3n) is 6.02. The van der Waals surface area contributed by atoms with E-state index >= 15 is 0 Å². The number of aryl methyl sites for hydroxylation is 1. The molecule has 1 aliphatic rings. The predicted molar refractivity (Wildman–Crippen MR) is 119 cm³/mol. The summed E-state index contributed by atoms with van der Waals surface area (Å²) >= 11 is 0. The van der Waals surface area contributed by atoms with E-state index in [1.165, 1.54) is 17.7 Å². The zero-order chi connectivity index (χ0) is 21.3. The first kappa shape index (κ1) is 20.4. The Labute approximate surface area is 177 Å². The number of aromatic nitrogens is 1. The van der Waals surface area contributed by atoms with Gasteiger partial charge in [0.2, 0.25) is 0 Å². The van der Waals surface area contributed by atoms with Crippen LogP contribution in [0.1, 0.15) is 28.5 Å². The fraction of sp³-hybridized carbons (Fsp3) is 0.320. The van der Waals surface area contributed by atoms with Gasteiger partial charge in [-0.1, -0.05) is 24.6 Å². The lowest BCUT2D eigenvalue weighted by atomic mass is 10.1. The Morgan fingerprint density at radius 3 is 2.17 bits per heavy atom. The molecule has 1 fully saturated rings. The van der Waals surface area contributed by atoms with E-state index in [-0.39, 0.29) is 11.7 Å². The van der Waals surface area contributed by atoms with E-state index in [1.54, 1.807) is 12.1 Å². The summed E-state index contributed by atoms with van der Waals surface area (Å²) in [5, 5.41) is 0. The van der Waals surface area contributed by atoms with E-state index < -0.39 is 0 Å². The normalized spacial score (nSPS) is 14.9. The lowest BCUT2D eigenvalue weighted by molar-refractivity contribution is 0.0642. The number of rotatable bonds is 4. The molecular formula is C25H28FN3O. The number of carbonyl (C=O) groups excluding carboxylic acids is 1. The van der Waals surface area contributed by atoms with Gasteiger partial charge in [-0.05, 0) is 68.4 Å². The van der Waals surface area contributed by atoms with Crippen LogP contribution >= 0.6 is 0 Å². The van der Waals surface area contributed by atoms with Gasteiger partial charge in [-0.2, -0.15) is 0 Å². The average molecular weight is 406 g/mol. The van der Waals surface area contributed by atoms with Crippen molar-refractivity contribution in [1.82, 2.24) is 14.4 Å². The van der Waals surface area contributed by atoms with Crippen LogP contribution < -0.4 is 0 Å². The topological polar surface area (TPSA) is 28.5 Å². The van der Waals surface area contributed by atoms with Gasteiger partial charge < -0.3 is 14.4 Å². The molecule has 1 aromatic heterocycles. The molecule has 0 N–H and O–H groups in total. The Bertz CT molecular complexity index is 1030. The molecule has 1 aliphatic heterocycles. The fourth-order valence-electron chi connectivity index (χ4n) is 4.12. The summed E-state index contributed by atoms with van der Waals surface area (Å²) in [5.74, 6) is -0.202. The molecule has 2 aromatic carbocycles. The van der Waals surface area contributed by atoms with Gasteiger partial charge in [0.25, 0.3) is 5.91 Å². The van der Waals surface area contributed by atoms with E-state index in [0.29, 0.717) is 5.56 Å². The molecule has 0 radical (unpaired) electrons. The van der Waals surface area contributed by atoms with Crippen LogP contribution in [0.5, 0.6) is 0 Å². The first-order chi connectivity index (χ1) is 14.5. The standard InChI is InChI=1S/C25H28FN3O/c1-4-27-13-15-28(16-14-27)25(30)23-17-24(20-7-9-21(26)10-8-20)29(19(23)3)22-11-5-18(2)6-12-22/h5-12,17H,4,13-16H2,1-3H3. The zero-order valence-corrected chi connectivity index (χ0v) is 17.9. The van der Waals surface area contributed by atoms with Crippen molar-refractivity contribution in [1.29, 1.82) is 0 Å². The van der Waals surface area contributed by atoms with Crippen molar-refractivity contribution in [3.8, 4) is 16.9 Å². The highest BCUT2D eigenvalue weighted by Gasteiger charge is 2.26. The summed E-state index contributed by atoms with van der Waals surface area (Å²) in [7, 11) is 0. The van der Waals surface area contributed by atoms with Crippen LogP contribution in [0.25, 0.3) is 16.9 Å². The molecule has 0 saturated carbocycles. The number of piperazine rings is 1. The summed E-state index contributed by atoms with van der Waals surface area (Å²) < 4.78 is 15.6. The molecule has 156 valence electrons. The second kappa shape index (κ2) is 8.44. The van der Waals surface area contributed by atoms with Crippen molar-refractivity contribution < 1.29 is 9.18 Å². The van der Waals surface area contributed by atoms with Gasteiger partial charge in [-0.3, -0.25) is 4.79 Å². The smallest absolute Gasteiger partial charge is 0.255 e. The van der Waals surface area contributed by atoms with Crippen molar-refractivity contribution in [2.45, 2.75) is 20.8 Å². The second-order valence-electron chi connectivity index (χ2n) is 7.93. The molecule has 1 amide bonds. The number of carbonyl (C=O) groups is 1. The van der Waals surface area contributed by atoms with E-state index in [2.05, 4.69) is 47.6 Å². The summed E-state index contributed by atoms with van der Waals surface area (Å²) in [5.41, 5.74) is 5.56. The van der Waals surface area contributed by atoms with Crippen molar-refractivity contribution in [3.05, 3.63) is 77.2 Å². The third-order valence-corrected chi connectivity index (χ3v) is 6.02. The monoisotopic (exact) mass is 405 g/mol. The Morgan fingerprint density at radius 1 is 0.933 bits per heavy atom. The van der Waals surface area contributed by atoms with Crippen molar-refractivity contribution in [2.75, 3.05) is 32.7 Å². The molecule has 0 bridgehead atoms. The number of likely N-dealkylation sites (N-methyl/N-ethyl adjacent to an activating group) is 1. The lowest BCUT2D eigenvalue weighted by Crippen LogP contribution is -2.48. The summed E-state index contributed by atoms with van der Waals surface area (Å²) in [4.78, 5) is 17.7. The maximum Gasteiger partial charge on any atom is 0.255 e. The summed E-state index contributed by atoms with van der Waals surface area (Å²) in [6.07, 6.45) is 0. The molecule has 1 saturated heterocycles. The molecule has 2 heterocycles. The molecule has 0 atom stereocenters. The number of hydrogen-bond acceptors (Lipinski definition) is 2. The van der Waals surface area contributed by atoms with Crippen LogP contribution in [0.2, 0.25) is 0 Å². The Hall–Kier alpha value is -2.92. The number of halogens is 1. The van der Waals surface area contributed by atoms with E-state index in [1.807, 2.05) is 17.9 Å². The molecular weight excluding hydrogens is 377 g/mol. The van der Waals surface area contributed by atoms with E-state index in [0.717, 1.165) is 55.4 Å². The van der Waals surface area contributed by atoms with Crippen LogP contribution in [0.4, 0.5) is 4.39 Å². The van der Waals surface area contributed by atoms with E-state index in [4.69, 9.17) is 0 Å². The SMILES string of the molecule is CCN1CCN(C(=O)c2cc(-c3ccc(F)cc3)n(-c3ccc(C)cc3)c2C)CC1. The highest BCUT2D eigenvalue weighted by Crippen LogP contribution is 2.31. The Morgan fingerprint density at radius 2 is 1.57 bits per heavy atom. The summed E-state index contributed by atoms with van der Waals surface area (Å²) in [6.45, 7) is 10.5. The van der Waals surface area contributed by atoms with Crippen LogP contribution in [0.15, 0.2) is 54.6 Å². The van der Waals surface area contributed by atoms with Gasteiger partial charge in [0.15, 0.2) is 0 Å². The van der Waals surface area contributed by atoms with Gasteiger partial charge in [-0.25, -0.2) is 4.39 Å². The van der Waals surface area contributed by atoms with Gasteiger partial charge in [0.1, 0.15) is 5.82 Å². The zero-order valence-electron chi connectivity index (χ0n) is 17.9. The van der Waals surface area contributed by atoms with Crippen molar-refractivity contribution >= 4 is 5.91 Å². The molecule has 4 rings (SSSR count). The minimum atomic E-state index is -0.269. The number of benzene rings is 2. The second-order valence-corrected chi connectivity index (χ2v) is 7.93. The van der Waals surface area contributed by atoms with Gasteiger partial charge >= 0.3 is 0 Å². The Balaban J connectivity index is 1.77. The minimum absolute atomic E-state index is 0.0671. The van der Waals surface area contributed by atoms with Gasteiger partial charge in [-0.15, -0.1) is 0 Å². The van der Waals surface area contributed by atoms with Crippen molar-refractivity contribution in [2.24, 2.45) is 0 Å². The quantitative estimate of drug-likeness (QED) is 0.631. The highest BCUT2D eigenvalue weighted by atomic mass is 19.1. The molecule has 5 heteroatoms. The third kappa shape index (κ3) is 3.90. The minimum Gasteiger partial charge on any atom is -0.336 e. The van der Waals surface area contributed by atoms with Crippen LogP contribution in [0.3, 0.4) is 0 Å². The molecule has 0 aliphatic carbocycles. The van der Waals surface area contributed by atoms with Crippen molar-refractivity contribution in [3.63, 3.8) is 0 Å².